The van der Waals surface area contributed by atoms with Gasteiger partial charge in [-0.1, -0.05) is 37.1 Å². The van der Waals surface area contributed by atoms with Crippen molar-refractivity contribution < 1.29 is 18.0 Å². The second-order valence-electron chi connectivity index (χ2n) is 14.0. The molecule has 3 aliphatic rings. The van der Waals surface area contributed by atoms with Crippen LogP contribution in [0.15, 0.2) is 60.9 Å². The summed E-state index contributed by atoms with van der Waals surface area (Å²) in [6.07, 6.45) is 6.14. The number of hydrogen-bond acceptors (Lipinski definition) is 10. The van der Waals surface area contributed by atoms with E-state index in [2.05, 4.69) is 50.6 Å². The molecule has 278 valence electrons. The average Bonchev–Trinajstić information content (AvgIpc) is 3.99. The normalized spacial score (nSPS) is 17.3. The largest absolute Gasteiger partial charge is 0.416 e. The molecule has 2 aromatic carbocycles. The first-order valence-electron chi connectivity index (χ1n) is 18.3. The number of carbonyl (C=O) groups is 1. The Labute approximate surface area is 307 Å². The van der Waals surface area contributed by atoms with Crippen molar-refractivity contribution in [1.82, 2.24) is 35.1 Å². The maximum atomic E-state index is 14.2. The average molecular weight is 727 g/mol. The van der Waals surface area contributed by atoms with Crippen LogP contribution in [0, 0.1) is 12.8 Å². The lowest BCUT2D eigenvalue weighted by Crippen LogP contribution is -2.46. The minimum absolute atomic E-state index is 0.0954. The number of rotatable bonds is 12. The second-order valence-corrected chi connectivity index (χ2v) is 14.0. The molecule has 4 aromatic rings. The quantitative estimate of drug-likeness (QED) is 0.159. The number of nitrogens with zero attached hydrogens (tertiary/aromatic N) is 7. The van der Waals surface area contributed by atoms with Crippen molar-refractivity contribution in [2.24, 2.45) is 5.92 Å². The number of amides is 1. The van der Waals surface area contributed by atoms with E-state index < -0.39 is 17.6 Å². The number of alkyl halides is 3. The summed E-state index contributed by atoms with van der Waals surface area (Å²) in [4.78, 5) is 37.9. The fourth-order valence-electron chi connectivity index (χ4n) is 6.70. The summed E-state index contributed by atoms with van der Waals surface area (Å²) >= 11 is 0. The molecule has 2 aliphatic heterocycles. The first kappa shape index (κ1) is 36.4. The maximum absolute atomic E-state index is 14.2. The van der Waals surface area contributed by atoms with Gasteiger partial charge in [-0.15, -0.1) is 0 Å². The van der Waals surface area contributed by atoms with Crippen LogP contribution in [0.1, 0.15) is 57.8 Å². The molecule has 2 saturated heterocycles. The van der Waals surface area contributed by atoms with Crippen LogP contribution >= 0.6 is 0 Å². The Morgan fingerprint density at radius 3 is 2.43 bits per heavy atom. The van der Waals surface area contributed by atoms with Gasteiger partial charge in [-0.2, -0.15) is 13.2 Å². The van der Waals surface area contributed by atoms with Crippen LogP contribution in [0.5, 0.6) is 0 Å². The molecule has 1 amide bonds. The molecule has 0 spiro atoms. The van der Waals surface area contributed by atoms with Gasteiger partial charge in [0.15, 0.2) is 0 Å². The minimum atomic E-state index is -4.55. The van der Waals surface area contributed by atoms with Crippen LogP contribution < -0.4 is 20.9 Å². The summed E-state index contributed by atoms with van der Waals surface area (Å²) in [5, 5.41) is 9.21. The van der Waals surface area contributed by atoms with Crippen LogP contribution in [-0.4, -0.2) is 94.5 Å². The molecule has 0 radical (unpaired) electrons. The Bertz CT molecular complexity index is 1900. The summed E-state index contributed by atoms with van der Waals surface area (Å²) in [6, 6.07) is 12.8. The number of piperazine rings is 2. The van der Waals surface area contributed by atoms with E-state index in [-0.39, 0.29) is 17.8 Å². The number of aromatic nitrogens is 4. The highest BCUT2D eigenvalue weighted by atomic mass is 19.4. The molecular weight excluding hydrogens is 681 g/mol. The highest BCUT2D eigenvalue weighted by Crippen LogP contribution is 2.35. The highest BCUT2D eigenvalue weighted by Gasteiger charge is 2.34. The topological polar surface area (TPSA) is 114 Å². The van der Waals surface area contributed by atoms with E-state index in [0.717, 1.165) is 82.3 Å². The van der Waals surface area contributed by atoms with E-state index in [0.29, 0.717) is 28.7 Å². The Kier molecular flexibility index (Phi) is 11.3. The van der Waals surface area contributed by atoms with Crippen molar-refractivity contribution in [1.29, 1.82) is 0 Å². The molecule has 14 heteroatoms. The fourth-order valence-corrected chi connectivity index (χ4v) is 6.70. The third kappa shape index (κ3) is 10.2. The van der Waals surface area contributed by atoms with Gasteiger partial charge < -0.3 is 25.8 Å². The fraction of sp³-hybridized carbons (Fsp3) is 0.410. The molecule has 11 nitrogen and oxygen atoms in total. The smallest absolute Gasteiger partial charge is 0.354 e. The van der Waals surface area contributed by atoms with Gasteiger partial charge >= 0.3 is 6.18 Å². The maximum Gasteiger partial charge on any atom is 0.416 e. The van der Waals surface area contributed by atoms with E-state index >= 15 is 0 Å². The van der Waals surface area contributed by atoms with E-state index in [1.165, 1.54) is 25.3 Å². The van der Waals surface area contributed by atoms with Crippen LogP contribution in [0.3, 0.4) is 0 Å². The van der Waals surface area contributed by atoms with Gasteiger partial charge in [0, 0.05) is 76.2 Å². The third-order valence-electron chi connectivity index (χ3n) is 9.87. The van der Waals surface area contributed by atoms with Crippen LogP contribution in [0.4, 0.5) is 36.3 Å². The Hall–Kier alpha value is -4.92. The van der Waals surface area contributed by atoms with Crippen molar-refractivity contribution in [2.75, 3.05) is 74.4 Å². The van der Waals surface area contributed by atoms with Gasteiger partial charge in [0.05, 0.1) is 23.7 Å². The van der Waals surface area contributed by atoms with E-state index in [1.807, 2.05) is 19.1 Å². The summed E-state index contributed by atoms with van der Waals surface area (Å²) in [7, 11) is 0. The van der Waals surface area contributed by atoms with Gasteiger partial charge in [0.1, 0.15) is 23.3 Å². The molecule has 0 unspecified atom stereocenters. The number of hydrogen-bond donors (Lipinski definition) is 3. The molecule has 4 heterocycles. The van der Waals surface area contributed by atoms with Crippen LogP contribution in [-0.2, 0) is 12.7 Å². The van der Waals surface area contributed by atoms with Crippen molar-refractivity contribution >= 4 is 41.2 Å². The Morgan fingerprint density at radius 1 is 0.906 bits per heavy atom. The van der Waals surface area contributed by atoms with Crippen molar-refractivity contribution in [3.8, 4) is 0 Å². The summed E-state index contributed by atoms with van der Waals surface area (Å²) in [5.74, 6) is 3.05. The number of halogens is 3. The van der Waals surface area contributed by atoms with Gasteiger partial charge in [0.2, 0.25) is 0 Å². The molecule has 1 aliphatic carbocycles. The van der Waals surface area contributed by atoms with E-state index in [9.17, 15) is 18.0 Å². The lowest BCUT2D eigenvalue weighted by molar-refractivity contribution is -0.138. The number of aryl methyl sites for hydroxylation is 1. The number of nitrogens with one attached hydrogen (secondary N) is 3. The van der Waals surface area contributed by atoms with Crippen LogP contribution in [0.2, 0.25) is 0 Å². The monoisotopic (exact) mass is 726 g/mol. The molecule has 3 fully saturated rings. The van der Waals surface area contributed by atoms with E-state index in [4.69, 9.17) is 0 Å². The lowest BCUT2D eigenvalue weighted by atomic mass is 10.0. The molecule has 0 bridgehead atoms. The third-order valence-corrected chi connectivity index (χ3v) is 9.87. The van der Waals surface area contributed by atoms with Gasteiger partial charge in [-0.25, -0.2) is 15.0 Å². The lowest BCUT2D eigenvalue weighted by Gasteiger charge is -2.35. The zero-order valence-corrected chi connectivity index (χ0v) is 29.9. The van der Waals surface area contributed by atoms with Gasteiger partial charge in [-0.05, 0) is 67.3 Å². The second kappa shape index (κ2) is 16.4. The van der Waals surface area contributed by atoms with E-state index in [1.54, 1.807) is 48.8 Å². The molecule has 53 heavy (non-hydrogen) atoms. The Morgan fingerprint density at radius 2 is 1.70 bits per heavy atom. The van der Waals surface area contributed by atoms with Crippen molar-refractivity contribution in [3.63, 3.8) is 0 Å². The molecule has 2 aromatic heterocycles. The van der Waals surface area contributed by atoms with Crippen molar-refractivity contribution in [2.45, 2.75) is 38.9 Å². The first-order chi connectivity index (χ1) is 25.6. The first-order valence-corrected chi connectivity index (χ1v) is 18.3. The zero-order valence-electron chi connectivity index (χ0n) is 29.9. The highest BCUT2D eigenvalue weighted by molar-refractivity contribution is 6.04. The molecule has 7 rings (SSSR count). The van der Waals surface area contributed by atoms with Gasteiger partial charge in [0.25, 0.3) is 5.91 Å². The van der Waals surface area contributed by atoms with Crippen molar-refractivity contribution in [3.05, 3.63) is 94.7 Å². The molecule has 0 atom stereocenters. The van der Waals surface area contributed by atoms with Crippen LogP contribution in [0.25, 0.3) is 12.2 Å². The predicted molar refractivity (Wildman–Crippen MR) is 201 cm³/mol. The molecule has 1 saturated carbocycles. The zero-order chi connectivity index (χ0) is 36.8. The Balaban J connectivity index is 0.948. The SMILES string of the molecule is Cc1nc(Nc2cnc(/C=C/c3cccc(C(=O)Nc4ccc(CN5CCN(CCC6CC6)CC5)c(C(F)(F)F)c4)c3)cn2)cc(N2CCNCC2)n1. The standard InChI is InChI=1S/C39H45F3N10O/c1-27-46-35(23-37(47-27)52-15-12-43-13-16-52)49-36-25-44-33(24-45-36)9-7-29-3-2-4-30(21-29)38(53)48-32-10-8-31(34(22-32)39(40,41)42)26-51-19-17-50(18-20-51)14-11-28-5-6-28/h2-4,7-10,21-25,28,43H,5-6,11-20,26H2,1H3,(H,48,53)(H,45,46,47,49)/b9-7+. The summed E-state index contributed by atoms with van der Waals surface area (Å²) in [6.45, 7) is 9.93. The summed E-state index contributed by atoms with van der Waals surface area (Å²) in [5.41, 5.74) is 1.22. The summed E-state index contributed by atoms with van der Waals surface area (Å²) < 4.78 is 42.6. The molecule has 3 N–H and O–H groups in total. The molecular formula is C39H45F3N10O. The number of carbonyl (C=O) groups excluding carboxylic acids is 1. The number of anilines is 4. The number of benzene rings is 2. The van der Waals surface area contributed by atoms with Gasteiger partial charge in [-0.3, -0.25) is 14.7 Å². The predicted octanol–water partition coefficient (Wildman–Crippen LogP) is 6.09. The minimum Gasteiger partial charge on any atom is -0.354 e.